The topological polar surface area (TPSA) is 29.0 Å². The zero-order valence-corrected chi connectivity index (χ0v) is 9.91. The summed E-state index contributed by atoms with van der Waals surface area (Å²) in [6.45, 7) is 5.62. The molecule has 0 radical (unpaired) electrons. The van der Waals surface area contributed by atoms with Gasteiger partial charge in [0.05, 0.1) is 0 Å². The molecule has 0 bridgehead atoms. The molecule has 2 rings (SSSR count). The smallest absolute Gasteiger partial charge is 0.151 e. The van der Waals surface area contributed by atoms with Crippen LogP contribution in [0.4, 0.5) is 5.82 Å². The van der Waals surface area contributed by atoms with Crippen LogP contribution in [0.3, 0.4) is 0 Å². The molecule has 2 atom stereocenters. The average molecular weight is 226 g/mol. The Hall–Kier alpha value is -0.830. The second-order valence-corrected chi connectivity index (χ2v) is 4.77. The van der Waals surface area contributed by atoms with E-state index in [1.807, 2.05) is 6.07 Å². The van der Waals surface area contributed by atoms with E-state index >= 15 is 0 Å². The van der Waals surface area contributed by atoms with Crippen LogP contribution in [0, 0.1) is 5.92 Å². The van der Waals surface area contributed by atoms with Crippen molar-refractivity contribution < 1.29 is 0 Å². The number of piperidine rings is 1. The molecular formula is C11H16ClN3. The molecule has 0 N–H and O–H groups in total. The maximum atomic E-state index is 5.72. The van der Waals surface area contributed by atoms with Crippen LogP contribution < -0.4 is 4.90 Å². The summed E-state index contributed by atoms with van der Waals surface area (Å²) in [6, 6.07) is 4.29. The third kappa shape index (κ3) is 2.40. The lowest BCUT2D eigenvalue weighted by Gasteiger charge is -2.37. The molecule has 1 aliphatic heterocycles. The van der Waals surface area contributed by atoms with Gasteiger partial charge in [-0.2, -0.15) is 0 Å². The van der Waals surface area contributed by atoms with Crippen molar-refractivity contribution in [1.82, 2.24) is 10.2 Å². The number of nitrogens with zero attached hydrogens (tertiary/aromatic N) is 3. The Morgan fingerprint density at radius 1 is 1.33 bits per heavy atom. The van der Waals surface area contributed by atoms with E-state index in [4.69, 9.17) is 11.6 Å². The van der Waals surface area contributed by atoms with Crippen molar-refractivity contribution in [3.05, 3.63) is 17.3 Å². The maximum Gasteiger partial charge on any atom is 0.151 e. The van der Waals surface area contributed by atoms with Crippen molar-refractivity contribution in [2.75, 3.05) is 11.4 Å². The van der Waals surface area contributed by atoms with Crippen LogP contribution in [0.15, 0.2) is 12.1 Å². The van der Waals surface area contributed by atoms with Crippen molar-refractivity contribution in [2.24, 2.45) is 5.92 Å². The standard InChI is InChI=1S/C11H16ClN3/c1-8-5-6-15(9(2)7-8)11-4-3-10(12)13-14-11/h3-4,8-9H,5-7H2,1-2H3. The monoisotopic (exact) mass is 225 g/mol. The molecule has 1 aromatic heterocycles. The summed E-state index contributed by atoms with van der Waals surface area (Å²) in [7, 11) is 0. The molecule has 4 heteroatoms. The van der Waals surface area contributed by atoms with Gasteiger partial charge in [-0.1, -0.05) is 18.5 Å². The molecule has 3 nitrogen and oxygen atoms in total. The van der Waals surface area contributed by atoms with Crippen molar-refractivity contribution in [1.29, 1.82) is 0 Å². The predicted octanol–water partition coefficient (Wildman–Crippen LogP) is 2.75. The largest absolute Gasteiger partial charge is 0.352 e. The first-order chi connectivity index (χ1) is 7.16. The third-order valence-electron chi connectivity index (χ3n) is 3.05. The van der Waals surface area contributed by atoms with Gasteiger partial charge in [0.2, 0.25) is 0 Å². The molecule has 1 saturated heterocycles. The molecule has 15 heavy (non-hydrogen) atoms. The van der Waals surface area contributed by atoms with Crippen molar-refractivity contribution >= 4 is 17.4 Å². The molecule has 0 aromatic carbocycles. The first kappa shape index (κ1) is 10.7. The normalized spacial score (nSPS) is 26.7. The first-order valence-corrected chi connectivity index (χ1v) is 5.80. The van der Waals surface area contributed by atoms with Crippen molar-refractivity contribution in [3.8, 4) is 0 Å². The molecule has 0 saturated carbocycles. The van der Waals surface area contributed by atoms with E-state index < -0.39 is 0 Å². The highest BCUT2D eigenvalue weighted by Crippen LogP contribution is 2.26. The zero-order chi connectivity index (χ0) is 10.8. The van der Waals surface area contributed by atoms with Crippen LogP contribution in [0.5, 0.6) is 0 Å². The average Bonchev–Trinajstić information content (AvgIpc) is 2.20. The highest BCUT2D eigenvalue weighted by Gasteiger charge is 2.23. The van der Waals surface area contributed by atoms with Crippen LogP contribution in [-0.4, -0.2) is 22.8 Å². The zero-order valence-electron chi connectivity index (χ0n) is 9.15. The molecular weight excluding hydrogens is 210 g/mol. The summed E-state index contributed by atoms with van der Waals surface area (Å²) < 4.78 is 0. The highest BCUT2D eigenvalue weighted by atomic mass is 35.5. The molecule has 0 amide bonds. The molecule has 1 aliphatic rings. The Bertz CT molecular complexity index is 325. The van der Waals surface area contributed by atoms with Gasteiger partial charge in [-0.25, -0.2) is 0 Å². The maximum absolute atomic E-state index is 5.72. The summed E-state index contributed by atoms with van der Waals surface area (Å²) in [5.41, 5.74) is 0. The molecule has 1 fully saturated rings. The molecule has 0 spiro atoms. The Labute approximate surface area is 95.5 Å². The second-order valence-electron chi connectivity index (χ2n) is 4.39. The number of aromatic nitrogens is 2. The number of hydrogen-bond acceptors (Lipinski definition) is 3. The van der Waals surface area contributed by atoms with Gasteiger partial charge in [-0.15, -0.1) is 10.2 Å². The van der Waals surface area contributed by atoms with E-state index in [0.717, 1.165) is 18.3 Å². The lowest BCUT2D eigenvalue weighted by Crippen LogP contribution is -2.40. The fourth-order valence-electron chi connectivity index (χ4n) is 2.21. The van der Waals surface area contributed by atoms with Gasteiger partial charge in [0.1, 0.15) is 0 Å². The number of halogens is 1. The van der Waals surface area contributed by atoms with Crippen LogP contribution in [0.2, 0.25) is 5.15 Å². The minimum absolute atomic E-state index is 0.455. The van der Waals surface area contributed by atoms with E-state index in [-0.39, 0.29) is 0 Å². The van der Waals surface area contributed by atoms with E-state index in [1.54, 1.807) is 6.07 Å². The van der Waals surface area contributed by atoms with Crippen LogP contribution in [0.25, 0.3) is 0 Å². The summed E-state index contributed by atoms with van der Waals surface area (Å²) >= 11 is 5.72. The first-order valence-electron chi connectivity index (χ1n) is 5.42. The van der Waals surface area contributed by atoms with Crippen LogP contribution in [-0.2, 0) is 0 Å². The SMILES string of the molecule is CC1CCN(c2ccc(Cl)nn2)C(C)C1. The minimum Gasteiger partial charge on any atom is -0.352 e. The highest BCUT2D eigenvalue weighted by molar-refractivity contribution is 6.29. The second kappa shape index (κ2) is 4.35. The van der Waals surface area contributed by atoms with Crippen molar-refractivity contribution in [2.45, 2.75) is 32.7 Å². The van der Waals surface area contributed by atoms with Gasteiger partial charge in [-0.3, -0.25) is 0 Å². The summed E-state index contributed by atoms with van der Waals surface area (Å²) in [4.78, 5) is 2.31. The number of anilines is 1. The van der Waals surface area contributed by atoms with Gasteiger partial charge in [-0.05, 0) is 37.8 Å². The summed E-state index contributed by atoms with van der Waals surface area (Å²) in [5.74, 6) is 1.76. The minimum atomic E-state index is 0.455. The fourth-order valence-corrected chi connectivity index (χ4v) is 2.31. The Kier molecular flexibility index (Phi) is 3.10. The lowest BCUT2D eigenvalue weighted by atomic mass is 9.93. The molecule has 1 aromatic rings. The Morgan fingerprint density at radius 3 is 2.73 bits per heavy atom. The predicted molar refractivity (Wildman–Crippen MR) is 62.2 cm³/mol. The Balaban J connectivity index is 2.13. The molecule has 0 aliphatic carbocycles. The van der Waals surface area contributed by atoms with Gasteiger partial charge in [0.25, 0.3) is 0 Å². The number of hydrogen-bond donors (Lipinski definition) is 0. The van der Waals surface area contributed by atoms with E-state index in [0.29, 0.717) is 11.2 Å². The van der Waals surface area contributed by atoms with Gasteiger partial charge < -0.3 is 4.90 Å². The molecule has 2 heterocycles. The van der Waals surface area contributed by atoms with E-state index in [2.05, 4.69) is 28.9 Å². The number of rotatable bonds is 1. The van der Waals surface area contributed by atoms with Gasteiger partial charge in [0.15, 0.2) is 11.0 Å². The van der Waals surface area contributed by atoms with Crippen molar-refractivity contribution in [3.63, 3.8) is 0 Å². The van der Waals surface area contributed by atoms with Crippen LogP contribution >= 0.6 is 11.6 Å². The summed E-state index contributed by atoms with van der Waals surface area (Å²) in [6.07, 6.45) is 2.46. The summed E-state index contributed by atoms with van der Waals surface area (Å²) in [5, 5.41) is 8.46. The van der Waals surface area contributed by atoms with E-state index in [1.165, 1.54) is 12.8 Å². The van der Waals surface area contributed by atoms with Gasteiger partial charge in [0, 0.05) is 12.6 Å². The molecule has 82 valence electrons. The lowest BCUT2D eigenvalue weighted by molar-refractivity contribution is 0.375. The van der Waals surface area contributed by atoms with Gasteiger partial charge >= 0.3 is 0 Å². The quantitative estimate of drug-likeness (QED) is 0.736. The van der Waals surface area contributed by atoms with E-state index in [9.17, 15) is 0 Å². The fraction of sp³-hybridized carbons (Fsp3) is 0.636. The van der Waals surface area contributed by atoms with Crippen LogP contribution in [0.1, 0.15) is 26.7 Å². The molecule has 2 unspecified atom stereocenters. The third-order valence-corrected chi connectivity index (χ3v) is 3.25. The Morgan fingerprint density at radius 2 is 2.13 bits per heavy atom.